The number of halogens is 3. The standard InChI is InChI=1S/C18H16Br2N4.BrH/c19-16-7-3-1-5-13(16)9-11-15(23-24-18(21)22)12-10-14-6-2-4-8-17(14)20;/h1-12H,(H4,21,22,24);1H/b11-9+,12-10+;. The molecule has 7 heteroatoms. The van der Waals surface area contributed by atoms with E-state index in [1.165, 1.54) is 0 Å². The predicted octanol–water partition coefficient (Wildman–Crippen LogP) is 5.15. The number of nitrogens with two attached hydrogens (primary N) is 2. The van der Waals surface area contributed by atoms with Crippen LogP contribution in [-0.4, -0.2) is 11.7 Å². The maximum atomic E-state index is 5.36. The summed E-state index contributed by atoms with van der Waals surface area (Å²) in [5.74, 6) is -0.0870. The maximum Gasteiger partial charge on any atom is 0.211 e. The smallest absolute Gasteiger partial charge is 0.211 e. The number of benzene rings is 2. The summed E-state index contributed by atoms with van der Waals surface area (Å²) in [6.45, 7) is 0. The molecular weight excluding hydrogens is 512 g/mol. The van der Waals surface area contributed by atoms with Crippen molar-refractivity contribution < 1.29 is 0 Å². The van der Waals surface area contributed by atoms with E-state index in [2.05, 4.69) is 42.1 Å². The molecule has 4 N–H and O–H groups in total. The number of rotatable bonds is 5. The van der Waals surface area contributed by atoms with Crippen LogP contribution in [0.25, 0.3) is 12.2 Å². The van der Waals surface area contributed by atoms with Crippen LogP contribution in [0.3, 0.4) is 0 Å². The second-order valence-corrected chi connectivity index (χ2v) is 6.47. The van der Waals surface area contributed by atoms with Gasteiger partial charge in [0, 0.05) is 8.95 Å². The van der Waals surface area contributed by atoms with Crippen molar-refractivity contribution in [3.05, 3.63) is 80.8 Å². The van der Waals surface area contributed by atoms with Crippen molar-refractivity contribution in [2.45, 2.75) is 0 Å². The zero-order chi connectivity index (χ0) is 17.4. The largest absolute Gasteiger partial charge is 0.369 e. The van der Waals surface area contributed by atoms with E-state index < -0.39 is 0 Å². The fourth-order valence-corrected chi connectivity index (χ4v) is 2.64. The molecule has 0 aliphatic carbocycles. The van der Waals surface area contributed by atoms with Gasteiger partial charge >= 0.3 is 0 Å². The summed E-state index contributed by atoms with van der Waals surface area (Å²) in [5, 5.41) is 7.79. The lowest BCUT2D eigenvalue weighted by Gasteiger charge is -1.99. The van der Waals surface area contributed by atoms with Gasteiger partial charge in [0.05, 0.1) is 5.71 Å². The van der Waals surface area contributed by atoms with Crippen LogP contribution in [-0.2, 0) is 0 Å². The van der Waals surface area contributed by atoms with Crippen LogP contribution in [0.15, 0.2) is 79.8 Å². The quantitative estimate of drug-likeness (QED) is 0.320. The average Bonchev–Trinajstić information content (AvgIpc) is 2.56. The fraction of sp³-hybridized carbons (Fsp3) is 0. The number of nitrogens with zero attached hydrogens (tertiary/aromatic N) is 2. The first-order chi connectivity index (χ1) is 11.6. The van der Waals surface area contributed by atoms with Gasteiger partial charge in [-0.15, -0.1) is 27.2 Å². The Morgan fingerprint density at radius 2 is 1.20 bits per heavy atom. The topological polar surface area (TPSA) is 76.8 Å². The summed E-state index contributed by atoms with van der Waals surface area (Å²) >= 11 is 7.02. The molecule has 0 fully saturated rings. The average molecular weight is 529 g/mol. The lowest BCUT2D eigenvalue weighted by Crippen LogP contribution is -2.22. The number of allylic oxidation sites excluding steroid dienone is 2. The van der Waals surface area contributed by atoms with Gasteiger partial charge in [-0.2, -0.15) is 0 Å². The molecule has 0 saturated heterocycles. The Kier molecular flexibility index (Phi) is 9.41. The minimum Gasteiger partial charge on any atom is -0.369 e. The van der Waals surface area contributed by atoms with E-state index in [1.807, 2.05) is 72.8 Å². The molecule has 0 atom stereocenters. The first kappa shape index (κ1) is 21.3. The van der Waals surface area contributed by atoms with Gasteiger partial charge in [-0.1, -0.05) is 80.4 Å². The molecule has 130 valence electrons. The van der Waals surface area contributed by atoms with Crippen LogP contribution in [0.1, 0.15) is 11.1 Å². The summed E-state index contributed by atoms with van der Waals surface area (Å²) in [4.78, 5) is 0. The van der Waals surface area contributed by atoms with Crippen molar-refractivity contribution in [3.63, 3.8) is 0 Å². The highest BCUT2D eigenvalue weighted by Gasteiger charge is 1.97. The Bertz CT molecular complexity index is 765. The second-order valence-electron chi connectivity index (χ2n) is 4.76. The Morgan fingerprint density at radius 1 is 0.760 bits per heavy atom. The van der Waals surface area contributed by atoms with Gasteiger partial charge in [0.25, 0.3) is 0 Å². The van der Waals surface area contributed by atoms with E-state index in [9.17, 15) is 0 Å². The molecule has 0 radical (unpaired) electrons. The third-order valence-electron chi connectivity index (χ3n) is 2.96. The van der Waals surface area contributed by atoms with Gasteiger partial charge in [-0.3, -0.25) is 0 Å². The SMILES string of the molecule is Br.NC(N)=NN=C(/C=C/c1ccccc1Br)/C=C/c1ccccc1Br. The van der Waals surface area contributed by atoms with E-state index in [1.54, 1.807) is 0 Å². The zero-order valence-corrected chi connectivity index (χ0v) is 18.0. The van der Waals surface area contributed by atoms with Crippen molar-refractivity contribution in [3.8, 4) is 0 Å². The van der Waals surface area contributed by atoms with Crippen LogP contribution in [0, 0.1) is 0 Å². The molecule has 2 aromatic carbocycles. The number of hydrogen-bond donors (Lipinski definition) is 2. The molecule has 25 heavy (non-hydrogen) atoms. The van der Waals surface area contributed by atoms with Crippen LogP contribution >= 0.6 is 48.8 Å². The van der Waals surface area contributed by atoms with E-state index >= 15 is 0 Å². The van der Waals surface area contributed by atoms with Gasteiger partial charge in [-0.05, 0) is 35.4 Å². The van der Waals surface area contributed by atoms with E-state index in [0.29, 0.717) is 5.71 Å². The highest BCUT2D eigenvalue weighted by atomic mass is 79.9. The molecule has 0 aliphatic heterocycles. The molecule has 0 amide bonds. The molecule has 2 rings (SSSR count). The highest BCUT2D eigenvalue weighted by molar-refractivity contribution is 9.10. The number of guanidine groups is 1. The van der Waals surface area contributed by atoms with Crippen LogP contribution < -0.4 is 11.5 Å². The number of hydrogen-bond acceptors (Lipinski definition) is 2. The molecule has 0 bridgehead atoms. The molecule has 4 nitrogen and oxygen atoms in total. The third kappa shape index (κ3) is 7.37. The van der Waals surface area contributed by atoms with Crippen LogP contribution in [0.2, 0.25) is 0 Å². The monoisotopic (exact) mass is 526 g/mol. The molecule has 0 saturated carbocycles. The third-order valence-corrected chi connectivity index (χ3v) is 4.40. The molecule has 0 unspecified atom stereocenters. The lowest BCUT2D eigenvalue weighted by molar-refractivity contribution is 1.21. The van der Waals surface area contributed by atoms with Gasteiger partial charge < -0.3 is 11.5 Å². The fourth-order valence-electron chi connectivity index (χ4n) is 1.81. The summed E-state index contributed by atoms with van der Waals surface area (Å²) in [5.41, 5.74) is 13.4. The zero-order valence-electron chi connectivity index (χ0n) is 13.1. The van der Waals surface area contributed by atoms with Gasteiger partial charge in [0.15, 0.2) is 0 Å². The maximum absolute atomic E-state index is 5.36. The predicted molar refractivity (Wildman–Crippen MR) is 120 cm³/mol. The van der Waals surface area contributed by atoms with Gasteiger partial charge in [0.1, 0.15) is 0 Å². The second kappa shape index (κ2) is 11.0. The molecule has 0 spiro atoms. The minimum absolute atomic E-state index is 0. The Labute approximate surface area is 174 Å². The van der Waals surface area contributed by atoms with E-state index in [4.69, 9.17) is 11.5 Å². The molecule has 2 aromatic rings. The van der Waals surface area contributed by atoms with Crippen molar-refractivity contribution in [1.29, 1.82) is 0 Å². The molecule has 0 heterocycles. The van der Waals surface area contributed by atoms with Crippen molar-refractivity contribution in [1.82, 2.24) is 0 Å². The van der Waals surface area contributed by atoms with Crippen LogP contribution in [0.4, 0.5) is 0 Å². The summed E-state index contributed by atoms with van der Waals surface area (Å²) in [6, 6.07) is 15.8. The summed E-state index contributed by atoms with van der Waals surface area (Å²) in [6.07, 6.45) is 7.57. The van der Waals surface area contributed by atoms with Crippen LogP contribution in [0.5, 0.6) is 0 Å². The van der Waals surface area contributed by atoms with Gasteiger partial charge in [0.2, 0.25) is 5.96 Å². The van der Waals surface area contributed by atoms with Crippen molar-refractivity contribution in [2.75, 3.05) is 0 Å². The summed E-state index contributed by atoms with van der Waals surface area (Å²) in [7, 11) is 0. The van der Waals surface area contributed by atoms with E-state index in [0.717, 1.165) is 20.1 Å². The summed E-state index contributed by atoms with van der Waals surface area (Å²) < 4.78 is 1.99. The molecule has 0 aromatic heterocycles. The normalized spacial score (nSPS) is 10.5. The lowest BCUT2D eigenvalue weighted by atomic mass is 10.1. The first-order valence-corrected chi connectivity index (χ1v) is 8.66. The van der Waals surface area contributed by atoms with Gasteiger partial charge in [-0.25, -0.2) is 0 Å². The van der Waals surface area contributed by atoms with E-state index in [-0.39, 0.29) is 22.9 Å². The highest BCUT2D eigenvalue weighted by Crippen LogP contribution is 2.19. The first-order valence-electron chi connectivity index (χ1n) is 7.08. The molecular formula is C18H17Br3N4. The Balaban J connectivity index is 0.00000312. The Hall–Kier alpha value is -1.70. The molecule has 0 aliphatic rings. The van der Waals surface area contributed by atoms with Crippen molar-refractivity contribution in [2.24, 2.45) is 21.7 Å². The minimum atomic E-state index is -0.0870. The Morgan fingerprint density at radius 3 is 1.60 bits per heavy atom. The van der Waals surface area contributed by atoms with Crippen molar-refractivity contribution >= 4 is 72.7 Å².